The van der Waals surface area contributed by atoms with Crippen LogP contribution in [0.3, 0.4) is 0 Å². The molecule has 21 heavy (non-hydrogen) atoms. The number of halogens is 2. The second kappa shape index (κ2) is 11.1. The van der Waals surface area contributed by atoms with Gasteiger partial charge in [-0.1, -0.05) is 16.9 Å². The Morgan fingerprint density at radius 2 is 2.05 bits per heavy atom. The number of nitrogens with two attached hydrogens (primary N) is 1. The predicted molar refractivity (Wildman–Crippen MR) is 93.3 cm³/mol. The van der Waals surface area contributed by atoms with Gasteiger partial charge in [0.15, 0.2) is 0 Å². The van der Waals surface area contributed by atoms with E-state index in [1.54, 1.807) is 17.0 Å². The van der Waals surface area contributed by atoms with Crippen molar-refractivity contribution in [2.75, 3.05) is 37.2 Å². The second-order valence-corrected chi connectivity index (χ2v) is 8.95. The summed E-state index contributed by atoms with van der Waals surface area (Å²) in [5, 5.41) is 0.921. The number of hydrogen-bond donors (Lipinski definition) is 1. The second-order valence-electron chi connectivity index (χ2n) is 3.80. The standard InChI is InChI=1S/C11H18Cl2N3O2PS2/c12-4-7-16(8-5-13)19(14,17)18-9-10-20-21-11-3-1-2-6-15-11/h1-3,6H,4-5,7-10H2,(H2,14,17). The van der Waals surface area contributed by atoms with Gasteiger partial charge < -0.3 is 4.52 Å². The van der Waals surface area contributed by atoms with Crippen molar-refractivity contribution in [2.45, 2.75) is 5.03 Å². The minimum absolute atomic E-state index is 0.291. The third kappa shape index (κ3) is 8.09. The molecule has 0 aliphatic rings. The zero-order valence-electron chi connectivity index (χ0n) is 11.4. The van der Waals surface area contributed by atoms with Crippen LogP contribution in [-0.4, -0.2) is 46.9 Å². The molecule has 2 N–H and O–H groups in total. The Kier molecular flexibility index (Phi) is 10.4. The lowest BCUT2D eigenvalue weighted by molar-refractivity contribution is 0.282. The van der Waals surface area contributed by atoms with Crippen molar-refractivity contribution in [1.82, 2.24) is 9.65 Å². The summed E-state index contributed by atoms with van der Waals surface area (Å²) in [7, 11) is -0.215. The third-order valence-corrected chi connectivity index (χ3v) is 6.61. The molecule has 0 saturated carbocycles. The van der Waals surface area contributed by atoms with Crippen LogP contribution in [0.5, 0.6) is 0 Å². The molecule has 0 fully saturated rings. The summed E-state index contributed by atoms with van der Waals surface area (Å²) in [6.07, 6.45) is 1.74. The van der Waals surface area contributed by atoms with Gasteiger partial charge in [0.25, 0.3) is 0 Å². The van der Waals surface area contributed by atoms with Crippen LogP contribution in [-0.2, 0) is 9.09 Å². The van der Waals surface area contributed by atoms with E-state index in [0.29, 0.717) is 37.2 Å². The fourth-order valence-electron chi connectivity index (χ4n) is 1.37. The van der Waals surface area contributed by atoms with E-state index in [-0.39, 0.29) is 0 Å². The Hall–Kier alpha value is 0.540. The van der Waals surface area contributed by atoms with Crippen molar-refractivity contribution >= 4 is 52.5 Å². The quantitative estimate of drug-likeness (QED) is 0.268. The summed E-state index contributed by atoms with van der Waals surface area (Å²) < 4.78 is 19.1. The summed E-state index contributed by atoms with van der Waals surface area (Å²) >= 11 is 11.3. The topological polar surface area (TPSA) is 68.5 Å². The van der Waals surface area contributed by atoms with Gasteiger partial charge in [-0.2, -0.15) is 0 Å². The molecule has 0 aromatic carbocycles. The van der Waals surface area contributed by atoms with Crippen molar-refractivity contribution < 1.29 is 9.09 Å². The van der Waals surface area contributed by atoms with Gasteiger partial charge in [-0.05, 0) is 22.9 Å². The summed E-state index contributed by atoms with van der Waals surface area (Å²) in [6, 6.07) is 5.72. The number of aromatic nitrogens is 1. The molecule has 1 atom stereocenters. The molecule has 1 aromatic rings. The first kappa shape index (κ1) is 19.6. The molecule has 1 heterocycles. The summed E-state index contributed by atoms with van der Waals surface area (Å²) in [5.41, 5.74) is 5.74. The molecule has 0 amide bonds. The lowest BCUT2D eigenvalue weighted by Gasteiger charge is -2.26. The Labute approximate surface area is 143 Å². The molecule has 0 bridgehead atoms. The number of pyridine rings is 1. The van der Waals surface area contributed by atoms with Gasteiger partial charge in [-0.15, -0.1) is 23.2 Å². The molecule has 1 rings (SSSR count). The lowest BCUT2D eigenvalue weighted by atomic mass is 10.5. The Morgan fingerprint density at radius 3 is 2.62 bits per heavy atom. The maximum atomic E-state index is 12.3. The maximum absolute atomic E-state index is 12.3. The zero-order chi connectivity index (χ0) is 15.6. The maximum Gasteiger partial charge on any atom is 0.340 e. The average Bonchev–Trinajstić information content (AvgIpc) is 2.47. The van der Waals surface area contributed by atoms with Gasteiger partial charge in [-0.3, -0.25) is 4.57 Å². The van der Waals surface area contributed by atoms with E-state index < -0.39 is 7.67 Å². The summed E-state index contributed by atoms with van der Waals surface area (Å²) in [5.74, 6) is 1.30. The van der Waals surface area contributed by atoms with Crippen molar-refractivity contribution in [1.29, 1.82) is 0 Å². The smallest absolute Gasteiger partial charge is 0.305 e. The first-order chi connectivity index (χ1) is 10.1. The van der Waals surface area contributed by atoms with Crippen LogP contribution in [0.4, 0.5) is 0 Å². The molecule has 0 aliphatic heterocycles. The Bertz CT molecular complexity index is 439. The zero-order valence-corrected chi connectivity index (χ0v) is 15.4. The van der Waals surface area contributed by atoms with Gasteiger partial charge in [-0.25, -0.2) is 15.2 Å². The number of rotatable bonds is 11. The van der Waals surface area contributed by atoms with Gasteiger partial charge in [0.05, 0.1) is 6.61 Å². The van der Waals surface area contributed by atoms with Crippen molar-refractivity contribution in [3.63, 3.8) is 0 Å². The van der Waals surface area contributed by atoms with E-state index in [0.717, 1.165) is 5.03 Å². The van der Waals surface area contributed by atoms with Gasteiger partial charge in [0, 0.05) is 36.8 Å². The van der Waals surface area contributed by atoms with Crippen LogP contribution in [0.2, 0.25) is 0 Å². The average molecular weight is 390 g/mol. The highest BCUT2D eigenvalue weighted by molar-refractivity contribution is 8.76. The van der Waals surface area contributed by atoms with E-state index in [1.165, 1.54) is 15.5 Å². The van der Waals surface area contributed by atoms with Crippen LogP contribution < -0.4 is 5.50 Å². The minimum atomic E-state index is -3.32. The number of hydrogen-bond acceptors (Lipinski definition) is 5. The highest BCUT2D eigenvalue weighted by Gasteiger charge is 2.26. The van der Waals surface area contributed by atoms with Gasteiger partial charge in [0.1, 0.15) is 5.03 Å². The third-order valence-electron chi connectivity index (χ3n) is 2.30. The predicted octanol–water partition coefficient (Wildman–Crippen LogP) is 3.68. The largest absolute Gasteiger partial charge is 0.340 e. The first-order valence-electron chi connectivity index (χ1n) is 6.21. The van der Waals surface area contributed by atoms with Crippen molar-refractivity contribution in [2.24, 2.45) is 5.50 Å². The minimum Gasteiger partial charge on any atom is -0.305 e. The van der Waals surface area contributed by atoms with Gasteiger partial charge in [0.2, 0.25) is 0 Å². The lowest BCUT2D eigenvalue weighted by Crippen LogP contribution is -2.29. The van der Waals surface area contributed by atoms with Crippen LogP contribution in [0.1, 0.15) is 0 Å². The van der Waals surface area contributed by atoms with E-state index in [1.807, 2.05) is 18.2 Å². The van der Waals surface area contributed by atoms with Crippen LogP contribution in [0, 0.1) is 0 Å². The van der Waals surface area contributed by atoms with Crippen molar-refractivity contribution in [3.8, 4) is 0 Å². The first-order valence-corrected chi connectivity index (χ1v) is 11.2. The van der Waals surface area contributed by atoms with E-state index in [9.17, 15) is 4.57 Å². The van der Waals surface area contributed by atoms with E-state index in [4.69, 9.17) is 33.2 Å². The normalized spacial score (nSPS) is 14.3. The number of alkyl halides is 2. The van der Waals surface area contributed by atoms with Gasteiger partial charge >= 0.3 is 7.67 Å². The molecular weight excluding hydrogens is 372 g/mol. The van der Waals surface area contributed by atoms with Crippen LogP contribution in [0.15, 0.2) is 29.4 Å². The molecule has 0 aliphatic carbocycles. The molecule has 10 heteroatoms. The Morgan fingerprint density at radius 1 is 1.33 bits per heavy atom. The number of nitrogens with zero attached hydrogens (tertiary/aromatic N) is 2. The van der Waals surface area contributed by atoms with Crippen LogP contribution >= 0.6 is 52.5 Å². The van der Waals surface area contributed by atoms with E-state index >= 15 is 0 Å². The fraction of sp³-hybridized carbons (Fsp3) is 0.545. The fourth-order valence-corrected chi connectivity index (χ4v) is 5.11. The van der Waals surface area contributed by atoms with Crippen molar-refractivity contribution in [3.05, 3.63) is 24.4 Å². The van der Waals surface area contributed by atoms with Crippen LogP contribution in [0.25, 0.3) is 0 Å². The molecule has 5 nitrogen and oxygen atoms in total. The SMILES string of the molecule is NP(=O)(OCCSSc1ccccn1)N(CCCl)CCCl. The molecule has 0 spiro atoms. The molecule has 0 saturated heterocycles. The summed E-state index contributed by atoms with van der Waals surface area (Å²) in [4.78, 5) is 4.19. The molecule has 120 valence electrons. The highest BCUT2D eigenvalue weighted by Crippen LogP contribution is 2.42. The highest BCUT2D eigenvalue weighted by atomic mass is 35.5. The molecule has 0 radical (unpaired) electrons. The van der Waals surface area contributed by atoms with E-state index in [2.05, 4.69) is 4.98 Å². The summed E-state index contributed by atoms with van der Waals surface area (Å²) in [6.45, 7) is 1.06. The molecular formula is C11H18Cl2N3O2PS2. The Balaban J connectivity index is 2.27. The monoisotopic (exact) mass is 389 g/mol. The molecule has 1 aromatic heterocycles. The molecule has 1 unspecified atom stereocenters.